The van der Waals surface area contributed by atoms with Crippen LogP contribution in [0.15, 0.2) is 30.6 Å². The summed E-state index contributed by atoms with van der Waals surface area (Å²) in [6, 6.07) is 5.66. The molecule has 0 aliphatic carbocycles. The Morgan fingerprint density at radius 2 is 2.00 bits per heavy atom. The number of benzene rings is 1. The normalized spacial score (nSPS) is 12.2. The molecule has 3 aromatic rings. The summed E-state index contributed by atoms with van der Waals surface area (Å²) >= 11 is 6.17. The van der Waals surface area contributed by atoms with Crippen molar-refractivity contribution >= 4 is 40.2 Å². The van der Waals surface area contributed by atoms with E-state index in [9.17, 15) is 5.11 Å². The van der Waals surface area contributed by atoms with Crippen LogP contribution in [0.1, 0.15) is 12.5 Å². The number of fused-ring (bicyclic) bond motifs is 1. The molecule has 0 aliphatic heterocycles. The van der Waals surface area contributed by atoms with Crippen LogP contribution in [-0.4, -0.2) is 37.7 Å². The van der Waals surface area contributed by atoms with Crippen molar-refractivity contribution in [3.05, 3.63) is 41.2 Å². The molecule has 8 heteroatoms. The van der Waals surface area contributed by atoms with Gasteiger partial charge in [0.25, 0.3) is 0 Å². The molecule has 0 bridgehead atoms. The number of hydrogen-bond acceptors (Lipinski definition) is 7. The van der Waals surface area contributed by atoms with Crippen LogP contribution in [0.4, 0.5) is 17.5 Å². The minimum Gasteiger partial charge on any atom is -0.392 e. The first-order valence-corrected chi connectivity index (χ1v) is 7.84. The lowest BCUT2D eigenvalue weighted by Crippen LogP contribution is -2.17. The van der Waals surface area contributed by atoms with Gasteiger partial charge in [0.1, 0.15) is 0 Å². The SMILES string of the molecule is Cc1ccc(Nc2nc(NCC(C)O)nc3nccnc23)cc1Cl. The molecule has 0 saturated heterocycles. The van der Waals surface area contributed by atoms with Gasteiger partial charge in [-0.25, -0.2) is 9.97 Å². The fourth-order valence-electron chi connectivity index (χ4n) is 2.08. The molecular weight excluding hydrogens is 328 g/mol. The Morgan fingerprint density at radius 3 is 2.75 bits per heavy atom. The van der Waals surface area contributed by atoms with Crippen molar-refractivity contribution in [2.45, 2.75) is 20.0 Å². The van der Waals surface area contributed by atoms with E-state index in [4.69, 9.17) is 11.6 Å². The van der Waals surface area contributed by atoms with Crippen LogP contribution in [0.2, 0.25) is 5.02 Å². The molecule has 3 rings (SSSR count). The number of halogens is 1. The molecule has 0 radical (unpaired) electrons. The second kappa shape index (κ2) is 6.94. The van der Waals surface area contributed by atoms with E-state index in [0.29, 0.717) is 34.5 Å². The third kappa shape index (κ3) is 3.69. The predicted octanol–water partition coefficient (Wildman–Crippen LogP) is 2.92. The van der Waals surface area contributed by atoms with Gasteiger partial charge in [0.05, 0.1) is 6.10 Å². The minimum atomic E-state index is -0.515. The van der Waals surface area contributed by atoms with Gasteiger partial charge in [0.15, 0.2) is 17.0 Å². The minimum absolute atomic E-state index is 0.335. The van der Waals surface area contributed by atoms with Gasteiger partial charge in [-0.05, 0) is 31.5 Å². The van der Waals surface area contributed by atoms with Crippen molar-refractivity contribution in [3.63, 3.8) is 0 Å². The molecule has 124 valence electrons. The van der Waals surface area contributed by atoms with Gasteiger partial charge in [0.2, 0.25) is 5.95 Å². The highest BCUT2D eigenvalue weighted by Gasteiger charge is 2.11. The Hall–Kier alpha value is -2.51. The Kier molecular flexibility index (Phi) is 4.73. The van der Waals surface area contributed by atoms with E-state index in [1.165, 1.54) is 0 Å². The summed E-state index contributed by atoms with van der Waals surface area (Å²) < 4.78 is 0. The number of hydrogen-bond donors (Lipinski definition) is 3. The van der Waals surface area contributed by atoms with Crippen molar-refractivity contribution in [3.8, 4) is 0 Å². The molecule has 1 atom stereocenters. The molecule has 24 heavy (non-hydrogen) atoms. The predicted molar refractivity (Wildman–Crippen MR) is 94.8 cm³/mol. The summed E-state index contributed by atoms with van der Waals surface area (Å²) in [6.45, 7) is 3.96. The van der Waals surface area contributed by atoms with Crippen LogP contribution < -0.4 is 10.6 Å². The zero-order valence-electron chi connectivity index (χ0n) is 13.3. The van der Waals surface area contributed by atoms with Crippen LogP contribution in [0, 0.1) is 6.92 Å². The van der Waals surface area contributed by atoms with Crippen LogP contribution in [0.25, 0.3) is 11.2 Å². The Morgan fingerprint density at radius 1 is 1.21 bits per heavy atom. The first-order chi connectivity index (χ1) is 11.5. The van der Waals surface area contributed by atoms with Gasteiger partial charge in [-0.3, -0.25) is 0 Å². The number of rotatable bonds is 5. The van der Waals surface area contributed by atoms with E-state index >= 15 is 0 Å². The molecule has 1 unspecified atom stereocenters. The first-order valence-electron chi connectivity index (χ1n) is 7.47. The molecule has 3 N–H and O–H groups in total. The van der Waals surface area contributed by atoms with Crippen LogP contribution >= 0.6 is 11.6 Å². The molecule has 0 spiro atoms. The number of nitrogens with one attached hydrogen (secondary N) is 2. The summed E-state index contributed by atoms with van der Waals surface area (Å²) in [4.78, 5) is 17.3. The summed E-state index contributed by atoms with van der Waals surface area (Å²) in [5, 5.41) is 16.3. The second-order valence-corrected chi connectivity index (χ2v) is 5.85. The largest absolute Gasteiger partial charge is 0.392 e. The third-order valence-electron chi connectivity index (χ3n) is 3.32. The van der Waals surface area contributed by atoms with Gasteiger partial charge in [-0.15, -0.1) is 0 Å². The summed E-state index contributed by atoms with van der Waals surface area (Å²) in [5.41, 5.74) is 2.80. The first kappa shape index (κ1) is 16.4. The highest BCUT2D eigenvalue weighted by molar-refractivity contribution is 6.31. The van der Waals surface area contributed by atoms with Gasteiger partial charge < -0.3 is 15.7 Å². The topological polar surface area (TPSA) is 95.9 Å². The Bertz CT molecular complexity index is 870. The molecule has 0 amide bonds. The van der Waals surface area contributed by atoms with Gasteiger partial charge >= 0.3 is 0 Å². The summed E-state index contributed by atoms with van der Waals surface area (Å²) in [7, 11) is 0. The summed E-state index contributed by atoms with van der Waals surface area (Å²) in [5.74, 6) is 0.880. The van der Waals surface area contributed by atoms with Gasteiger partial charge in [-0.2, -0.15) is 9.97 Å². The van der Waals surface area contributed by atoms with E-state index < -0.39 is 6.10 Å². The lowest BCUT2D eigenvalue weighted by molar-refractivity contribution is 0.208. The quantitative estimate of drug-likeness (QED) is 0.654. The maximum absolute atomic E-state index is 9.41. The second-order valence-electron chi connectivity index (χ2n) is 5.44. The van der Waals surface area contributed by atoms with Crippen molar-refractivity contribution in [2.24, 2.45) is 0 Å². The van der Waals surface area contributed by atoms with Gasteiger partial charge in [-0.1, -0.05) is 17.7 Å². The van der Waals surface area contributed by atoms with Crippen molar-refractivity contribution < 1.29 is 5.11 Å². The highest BCUT2D eigenvalue weighted by atomic mass is 35.5. The van der Waals surface area contributed by atoms with Gasteiger partial charge in [0, 0.05) is 29.6 Å². The van der Waals surface area contributed by atoms with Crippen LogP contribution in [-0.2, 0) is 0 Å². The number of nitrogens with zero attached hydrogens (tertiary/aromatic N) is 4. The fourth-order valence-corrected chi connectivity index (χ4v) is 2.26. The Balaban J connectivity index is 1.99. The Labute approximate surface area is 144 Å². The van der Waals surface area contributed by atoms with Crippen molar-refractivity contribution in [2.75, 3.05) is 17.2 Å². The third-order valence-corrected chi connectivity index (χ3v) is 3.73. The molecular formula is C16H17ClN6O. The summed E-state index contributed by atoms with van der Waals surface area (Å²) in [6.07, 6.45) is 2.64. The standard InChI is InChI=1S/C16H17ClN6O/c1-9-3-4-11(7-12(9)17)21-15-13-14(19-6-5-18-13)22-16(23-15)20-8-10(2)24/h3-7,10,24H,8H2,1-2H3,(H2,19,20,21,22,23). The molecule has 1 aromatic carbocycles. The fraction of sp³-hybridized carbons (Fsp3) is 0.250. The number of aliphatic hydroxyl groups excluding tert-OH is 1. The lowest BCUT2D eigenvalue weighted by atomic mass is 10.2. The molecule has 0 saturated carbocycles. The average molecular weight is 345 g/mol. The molecule has 0 aliphatic rings. The average Bonchev–Trinajstić information content (AvgIpc) is 2.56. The number of aromatic nitrogens is 4. The van der Waals surface area contributed by atoms with E-state index in [-0.39, 0.29) is 0 Å². The van der Waals surface area contributed by atoms with E-state index in [1.807, 2.05) is 25.1 Å². The van der Waals surface area contributed by atoms with Crippen LogP contribution in [0.5, 0.6) is 0 Å². The number of anilines is 3. The van der Waals surface area contributed by atoms with Crippen molar-refractivity contribution in [1.29, 1.82) is 0 Å². The van der Waals surface area contributed by atoms with E-state index in [2.05, 4.69) is 30.6 Å². The monoisotopic (exact) mass is 344 g/mol. The molecule has 0 fully saturated rings. The highest BCUT2D eigenvalue weighted by Crippen LogP contribution is 2.25. The zero-order valence-corrected chi connectivity index (χ0v) is 14.0. The maximum atomic E-state index is 9.41. The number of aryl methyl sites for hydroxylation is 1. The smallest absolute Gasteiger partial charge is 0.226 e. The molecule has 7 nitrogen and oxygen atoms in total. The zero-order chi connectivity index (χ0) is 17.1. The van der Waals surface area contributed by atoms with E-state index in [0.717, 1.165) is 11.3 Å². The maximum Gasteiger partial charge on any atom is 0.226 e. The van der Waals surface area contributed by atoms with Crippen LogP contribution in [0.3, 0.4) is 0 Å². The van der Waals surface area contributed by atoms with E-state index in [1.54, 1.807) is 19.3 Å². The molecule has 2 aromatic heterocycles. The van der Waals surface area contributed by atoms with Crippen molar-refractivity contribution in [1.82, 2.24) is 19.9 Å². The lowest BCUT2D eigenvalue weighted by Gasteiger charge is -2.12. The number of aliphatic hydroxyl groups is 1. The molecule has 2 heterocycles.